The molecule has 2 aliphatic heterocycles. The van der Waals surface area contributed by atoms with Crippen LogP contribution in [0.5, 0.6) is 0 Å². The minimum atomic E-state index is -3.15. The molecular weight excluding hydrogens is 334 g/mol. The van der Waals surface area contributed by atoms with Gasteiger partial charge in [0, 0.05) is 43.6 Å². The van der Waals surface area contributed by atoms with Gasteiger partial charge < -0.3 is 4.90 Å². The van der Waals surface area contributed by atoms with E-state index in [0.717, 1.165) is 13.0 Å². The summed E-state index contributed by atoms with van der Waals surface area (Å²) in [4.78, 5) is 18.0. The van der Waals surface area contributed by atoms with Gasteiger partial charge in [0.2, 0.25) is 15.9 Å². The van der Waals surface area contributed by atoms with Crippen molar-refractivity contribution in [1.29, 1.82) is 0 Å². The molecule has 1 aromatic rings. The van der Waals surface area contributed by atoms with E-state index in [1.54, 1.807) is 16.2 Å². The number of carbonyl (C=O) groups is 1. The number of amides is 1. The number of nitrogens with zero attached hydrogens (tertiary/aromatic N) is 3. The zero-order valence-electron chi connectivity index (χ0n) is 13.6. The monoisotopic (exact) mass is 357 g/mol. The van der Waals surface area contributed by atoms with Crippen molar-refractivity contribution in [3.63, 3.8) is 0 Å². The average molecular weight is 358 g/mol. The Bertz CT molecular complexity index is 678. The second kappa shape index (κ2) is 6.51. The Kier molecular flexibility index (Phi) is 4.78. The fraction of sp³-hybridized carbons (Fsp3) is 0.667. The molecule has 2 aliphatic rings. The lowest BCUT2D eigenvalue weighted by Gasteiger charge is -2.37. The lowest BCUT2D eigenvalue weighted by atomic mass is 10.0. The highest BCUT2D eigenvalue weighted by molar-refractivity contribution is 7.88. The maximum absolute atomic E-state index is 12.5. The molecule has 1 atom stereocenters. The van der Waals surface area contributed by atoms with Crippen LogP contribution < -0.4 is 0 Å². The third-order valence-corrected chi connectivity index (χ3v) is 7.10. The van der Waals surface area contributed by atoms with Crippen LogP contribution in [-0.2, 0) is 21.2 Å². The number of hydrogen-bond acceptors (Lipinski definition) is 5. The van der Waals surface area contributed by atoms with E-state index < -0.39 is 10.0 Å². The van der Waals surface area contributed by atoms with Crippen LogP contribution in [0.15, 0.2) is 11.4 Å². The molecule has 3 rings (SSSR count). The largest absolute Gasteiger partial charge is 0.339 e. The average Bonchev–Trinajstić information content (AvgIpc) is 2.98. The van der Waals surface area contributed by atoms with Crippen molar-refractivity contribution < 1.29 is 13.2 Å². The predicted molar refractivity (Wildman–Crippen MR) is 91.0 cm³/mol. The van der Waals surface area contributed by atoms with Gasteiger partial charge in [-0.3, -0.25) is 9.69 Å². The van der Waals surface area contributed by atoms with E-state index in [1.807, 2.05) is 0 Å². The molecular formula is C15H23N3O3S2. The van der Waals surface area contributed by atoms with Gasteiger partial charge in [-0.15, -0.1) is 11.3 Å². The van der Waals surface area contributed by atoms with Gasteiger partial charge in [-0.1, -0.05) is 0 Å². The summed E-state index contributed by atoms with van der Waals surface area (Å²) in [5.41, 5.74) is 1.34. The van der Waals surface area contributed by atoms with Crippen LogP contribution in [0.1, 0.15) is 23.4 Å². The first-order valence-corrected chi connectivity index (χ1v) is 10.6. The van der Waals surface area contributed by atoms with Crippen molar-refractivity contribution in [2.75, 3.05) is 45.5 Å². The van der Waals surface area contributed by atoms with E-state index in [4.69, 9.17) is 0 Å². The molecule has 23 heavy (non-hydrogen) atoms. The van der Waals surface area contributed by atoms with Gasteiger partial charge in [-0.25, -0.2) is 8.42 Å². The SMILES string of the molecule is C[C@H]1c2ccsc2CCN1CC(=O)N1CCN(S(C)(=O)=O)CC1. The third kappa shape index (κ3) is 3.60. The predicted octanol–water partition coefficient (Wildman–Crippen LogP) is 0.771. The van der Waals surface area contributed by atoms with Gasteiger partial charge in [0.15, 0.2) is 0 Å². The third-order valence-electron chi connectivity index (χ3n) is 4.80. The fourth-order valence-corrected chi connectivity index (χ4v) is 5.11. The Balaban J connectivity index is 1.57. The normalized spacial score (nSPS) is 23.7. The lowest BCUT2D eigenvalue weighted by molar-refractivity contribution is -0.134. The Morgan fingerprint density at radius 2 is 1.96 bits per heavy atom. The van der Waals surface area contributed by atoms with Gasteiger partial charge in [-0.05, 0) is 30.4 Å². The van der Waals surface area contributed by atoms with E-state index in [0.29, 0.717) is 32.7 Å². The Morgan fingerprint density at radius 3 is 2.61 bits per heavy atom. The maximum atomic E-state index is 12.5. The molecule has 1 saturated heterocycles. The highest BCUT2D eigenvalue weighted by atomic mass is 32.2. The number of rotatable bonds is 3. The molecule has 0 radical (unpaired) electrons. The van der Waals surface area contributed by atoms with Crippen molar-refractivity contribution >= 4 is 27.3 Å². The van der Waals surface area contributed by atoms with Gasteiger partial charge in [-0.2, -0.15) is 4.31 Å². The lowest BCUT2D eigenvalue weighted by Crippen LogP contribution is -2.52. The number of sulfonamides is 1. The van der Waals surface area contributed by atoms with Gasteiger partial charge in [0.05, 0.1) is 12.8 Å². The molecule has 8 heteroatoms. The molecule has 0 N–H and O–H groups in total. The fourth-order valence-electron chi connectivity index (χ4n) is 3.32. The maximum Gasteiger partial charge on any atom is 0.236 e. The molecule has 1 aromatic heterocycles. The van der Waals surface area contributed by atoms with Crippen molar-refractivity contribution in [1.82, 2.24) is 14.1 Å². The highest BCUT2D eigenvalue weighted by Gasteiger charge is 2.30. The Hall–Kier alpha value is -0.960. The summed E-state index contributed by atoms with van der Waals surface area (Å²) in [6.07, 6.45) is 2.23. The van der Waals surface area contributed by atoms with Gasteiger partial charge in [0.25, 0.3) is 0 Å². The molecule has 6 nitrogen and oxygen atoms in total. The molecule has 1 fully saturated rings. The first-order chi connectivity index (χ1) is 10.9. The second-order valence-electron chi connectivity index (χ2n) is 6.24. The summed E-state index contributed by atoms with van der Waals surface area (Å²) < 4.78 is 24.5. The molecule has 0 unspecified atom stereocenters. The molecule has 0 spiro atoms. The summed E-state index contributed by atoms with van der Waals surface area (Å²) >= 11 is 1.80. The molecule has 0 aliphatic carbocycles. The van der Waals surface area contributed by atoms with E-state index in [2.05, 4.69) is 23.3 Å². The zero-order valence-corrected chi connectivity index (χ0v) is 15.2. The van der Waals surface area contributed by atoms with Gasteiger partial charge in [0.1, 0.15) is 0 Å². The molecule has 0 saturated carbocycles. The first-order valence-electron chi connectivity index (χ1n) is 7.89. The summed E-state index contributed by atoms with van der Waals surface area (Å²) in [5, 5.41) is 2.12. The van der Waals surface area contributed by atoms with Crippen LogP contribution in [0.3, 0.4) is 0 Å². The van der Waals surface area contributed by atoms with Crippen LogP contribution >= 0.6 is 11.3 Å². The summed E-state index contributed by atoms with van der Waals surface area (Å²) in [6, 6.07) is 2.43. The van der Waals surface area contributed by atoms with Crippen molar-refractivity contribution in [3.8, 4) is 0 Å². The quantitative estimate of drug-likeness (QED) is 0.802. The summed E-state index contributed by atoms with van der Waals surface area (Å²) in [7, 11) is -3.15. The number of hydrogen-bond donors (Lipinski definition) is 0. The van der Waals surface area contributed by atoms with E-state index in [-0.39, 0.29) is 11.9 Å². The topological polar surface area (TPSA) is 60.9 Å². The Labute approximate surface area is 141 Å². The standard InChI is InChI=1S/C15H23N3O3S2/c1-12-13-4-10-22-14(13)3-5-17(12)11-15(19)16-6-8-18(9-7-16)23(2,20)21/h4,10,12H,3,5-9,11H2,1-2H3/t12-/m0/s1. The van der Waals surface area contributed by atoms with E-state index in [9.17, 15) is 13.2 Å². The second-order valence-corrected chi connectivity index (χ2v) is 9.22. The molecule has 1 amide bonds. The van der Waals surface area contributed by atoms with Crippen LogP contribution in [0.2, 0.25) is 0 Å². The number of piperazine rings is 1. The number of thiophene rings is 1. The van der Waals surface area contributed by atoms with Crippen LogP contribution in [0.25, 0.3) is 0 Å². The Morgan fingerprint density at radius 1 is 1.26 bits per heavy atom. The molecule has 128 valence electrons. The zero-order chi connectivity index (χ0) is 16.6. The van der Waals surface area contributed by atoms with E-state index in [1.165, 1.54) is 21.0 Å². The smallest absolute Gasteiger partial charge is 0.236 e. The van der Waals surface area contributed by atoms with Crippen LogP contribution in [0.4, 0.5) is 0 Å². The highest BCUT2D eigenvalue weighted by Crippen LogP contribution is 2.32. The molecule has 3 heterocycles. The molecule has 0 bridgehead atoms. The van der Waals surface area contributed by atoms with Crippen LogP contribution in [0, 0.1) is 0 Å². The van der Waals surface area contributed by atoms with Crippen molar-refractivity contribution in [3.05, 3.63) is 21.9 Å². The first kappa shape index (κ1) is 16.9. The van der Waals surface area contributed by atoms with E-state index >= 15 is 0 Å². The summed E-state index contributed by atoms with van der Waals surface area (Å²) in [6.45, 7) is 5.23. The van der Waals surface area contributed by atoms with Crippen molar-refractivity contribution in [2.24, 2.45) is 0 Å². The van der Waals surface area contributed by atoms with Crippen LogP contribution in [-0.4, -0.2) is 74.0 Å². The summed E-state index contributed by atoms with van der Waals surface area (Å²) in [5.74, 6) is 0.101. The minimum Gasteiger partial charge on any atom is -0.339 e. The minimum absolute atomic E-state index is 0.101. The van der Waals surface area contributed by atoms with Crippen molar-refractivity contribution in [2.45, 2.75) is 19.4 Å². The molecule has 0 aromatic carbocycles. The van der Waals surface area contributed by atoms with Gasteiger partial charge >= 0.3 is 0 Å². The number of carbonyl (C=O) groups excluding carboxylic acids is 1. The number of fused-ring (bicyclic) bond motifs is 1.